The Morgan fingerprint density at radius 1 is 0.871 bits per heavy atom. The first-order chi connectivity index (χ1) is 15.2. The molecule has 5 rings (SSSR count). The zero-order valence-electron chi connectivity index (χ0n) is 17.6. The Bertz CT molecular complexity index is 1340. The van der Waals surface area contributed by atoms with E-state index in [2.05, 4.69) is 59.4 Å². The SMILES string of the molecule is Cc1cccc(-n2nc(CN(C)c3ccccc3)cc2-c2ccnc3ccccc23)n1. The third kappa shape index (κ3) is 3.78. The molecule has 5 nitrogen and oxygen atoms in total. The van der Waals surface area contributed by atoms with Crippen LogP contribution in [-0.2, 0) is 6.54 Å². The minimum Gasteiger partial charge on any atom is -0.369 e. The number of nitrogens with zero attached hydrogens (tertiary/aromatic N) is 5. The summed E-state index contributed by atoms with van der Waals surface area (Å²) < 4.78 is 1.95. The quantitative estimate of drug-likeness (QED) is 0.391. The molecule has 5 aromatic rings. The second-order valence-corrected chi connectivity index (χ2v) is 7.64. The van der Waals surface area contributed by atoms with Crippen LogP contribution in [0.2, 0.25) is 0 Å². The molecule has 0 aliphatic heterocycles. The number of aryl methyl sites for hydroxylation is 1. The van der Waals surface area contributed by atoms with Gasteiger partial charge in [-0.2, -0.15) is 5.10 Å². The zero-order valence-corrected chi connectivity index (χ0v) is 17.6. The highest BCUT2D eigenvalue weighted by Gasteiger charge is 2.16. The van der Waals surface area contributed by atoms with Gasteiger partial charge in [-0.05, 0) is 49.4 Å². The number of fused-ring (bicyclic) bond motifs is 1. The Balaban J connectivity index is 1.64. The summed E-state index contributed by atoms with van der Waals surface area (Å²) in [5.41, 5.74) is 6.16. The summed E-state index contributed by atoms with van der Waals surface area (Å²) in [5, 5.41) is 6.06. The molecule has 0 fully saturated rings. The van der Waals surface area contributed by atoms with E-state index in [1.54, 1.807) is 0 Å². The Labute approximate surface area is 181 Å². The van der Waals surface area contributed by atoms with Gasteiger partial charge in [-0.15, -0.1) is 0 Å². The van der Waals surface area contributed by atoms with Gasteiger partial charge < -0.3 is 4.90 Å². The van der Waals surface area contributed by atoms with Crippen LogP contribution in [0.1, 0.15) is 11.4 Å². The predicted molar refractivity (Wildman–Crippen MR) is 125 cm³/mol. The molecule has 0 unspecified atom stereocenters. The largest absolute Gasteiger partial charge is 0.369 e. The van der Waals surface area contributed by atoms with Crippen molar-refractivity contribution < 1.29 is 0 Å². The van der Waals surface area contributed by atoms with Crippen LogP contribution in [0.15, 0.2) is 91.1 Å². The fraction of sp³-hybridized carbons (Fsp3) is 0.115. The molecular formula is C26H23N5. The van der Waals surface area contributed by atoms with Crippen molar-refractivity contribution in [1.29, 1.82) is 0 Å². The van der Waals surface area contributed by atoms with Gasteiger partial charge in [0, 0.05) is 35.6 Å². The van der Waals surface area contributed by atoms with Crippen LogP contribution in [0, 0.1) is 6.92 Å². The number of hydrogen-bond acceptors (Lipinski definition) is 4. The molecule has 5 heteroatoms. The van der Waals surface area contributed by atoms with Gasteiger partial charge in [0.15, 0.2) is 5.82 Å². The number of rotatable bonds is 5. The number of pyridine rings is 2. The first-order valence-corrected chi connectivity index (χ1v) is 10.3. The second kappa shape index (κ2) is 8.03. The highest BCUT2D eigenvalue weighted by molar-refractivity contribution is 5.93. The zero-order chi connectivity index (χ0) is 21.2. The minimum atomic E-state index is 0.693. The van der Waals surface area contributed by atoms with E-state index in [0.29, 0.717) is 6.54 Å². The van der Waals surface area contributed by atoms with Gasteiger partial charge in [-0.3, -0.25) is 4.98 Å². The summed E-state index contributed by atoms with van der Waals surface area (Å²) in [6, 6.07) is 28.8. The van der Waals surface area contributed by atoms with Crippen LogP contribution in [-0.4, -0.2) is 26.8 Å². The maximum Gasteiger partial charge on any atom is 0.154 e. The van der Waals surface area contributed by atoms with Crippen molar-refractivity contribution >= 4 is 16.6 Å². The van der Waals surface area contributed by atoms with Gasteiger partial charge >= 0.3 is 0 Å². The van der Waals surface area contributed by atoms with E-state index >= 15 is 0 Å². The van der Waals surface area contributed by atoms with E-state index in [1.807, 2.05) is 60.3 Å². The van der Waals surface area contributed by atoms with E-state index in [-0.39, 0.29) is 0 Å². The third-order valence-electron chi connectivity index (χ3n) is 5.37. The van der Waals surface area contributed by atoms with Gasteiger partial charge in [0.25, 0.3) is 0 Å². The molecule has 0 radical (unpaired) electrons. The van der Waals surface area contributed by atoms with Crippen molar-refractivity contribution in [3.8, 4) is 17.1 Å². The van der Waals surface area contributed by atoms with Gasteiger partial charge in [0.05, 0.1) is 23.4 Å². The summed E-state index contributed by atoms with van der Waals surface area (Å²) in [4.78, 5) is 11.5. The van der Waals surface area contributed by atoms with Crippen molar-refractivity contribution in [1.82, 2.24) is 19.7 Å². The molecular weight excluding hydrogens is 382 g/mol. The molecule has 3 heterocycles. The fourth-order valence-electron chi connectivity index (χ4n) is 3.86. The molecule has 0 bridgehead atoms. The molecule has 152 valence electrons. The highest BCUT2D eigenvalue weighted by atomic mass is 15.3. The molecule has 0 amide bonds. The molecule has 3 aromatic heterocycles. The number of benzene rings is 2. The van der Waals surface area contributed by atoms with Gasteiger partial charge in [0.2, 0.25) is 0 Å². The van der Waals surface area contributed by atoms with Gasteiger partial charge in [-0.1, -0.05) is 42.5 Å². The number of hydrogen-bond donors (Lipinski definition) is 0. The number of anilines is 1. The topological polar surface area (TPSA) is 46.8 Å². The molecule has 0 N–H and O–H groups in total. The maximum atomic E-state index is 4.96. The highest BCUT2D eigenvalue weighted by Crippen LogP contribution is 2.30. The lowest BCUT2D eigenvalue weighted by Gasteiger charge is -2.17. The Morgan fingerprint density at radius 2 is 1.68 bits per heavy atom. The van der Waals surface area contributed by atoms with Crippen LogP contribution >= 0.6 is 0 Å². The van der Waals surface area contributed by atoms with Crippen LogP contribution < -0.4 is 4.90 Å². The van der Waals surface area contributed by atoms with E-state index in [4.69, 9.17) is 10.1 Å². The van der Waals surface area contributed by atoms with Gasteiger partial charge in [-0.25, -0.2) is 9.67 Å². The predicted octanol–water partition coefficient (Wildman–Crippen LogP) is 5.43. The van der Waals surface area contributed by atoms with Gasteiger partial charge in [0.1, 0.15) is 0 Å². The Morgan fingerprint density at radius 3 is 2.52 bits per heavy atom. The van der Waals surface area contributed by atoms with Crippen LogP contribution in [0.5, 0.6) is 0 Å². The molecule has 0 aliphatic rings. The van der Waals surface area contributed by atoms with Crippen molar-refractivity contribution in [2.45, 2.75) is 13.5 Å². The number of aromatic nitrogens is 4. The summed E-state index contributed by atoms with van der Waals surface area (Å²) in [5.74, 6) is 0.810. The van der Waals surface area contributed by atoms with Crippen molar-refractivity contribution in [2.75, 3.05) is 11.9 Å². The maximum absolute atomic E-state index is 4.96. The minimum absolute atomic E-state index is 0.693. The Hall–Kier alpha value is -3.99. The summed E-state index contributed by atoms with van der Waals surface area (Å²) in [6.07, 6.45) is 1.86. The molecule has 0 aliphatic carbocycles. The Kier molecular flexibility index (Phi) is 4.92. The fourth-order valence-corrected chi connectivity index (χ4v) is 3.86. The molecule has 0 saturated heterocycles. The van der Waals surface area contributed by atoms with Crippen LogP contribution in [0.3, 0.4) is 0 Å². The van der Waals surface area contributed by atoms with E-state index in [9.17, 15) is 0 Å². The first kappa shape index (κ1) is 19.0. The first-order valence-electron chi connectivity index (χ1n) is 10.3. The summed E-state index contributed by atoms with van der Waals surface area (Å²) >= 11 is 0. The lowest BCUT2D eigenvalue weighted by molar-refractivity contribution is 0.793. The molecule has 31 heavy (non-hydrogen) atoms. The average Bonchev–Trinajstić information content (AvgIpc) is 3.23. The monoisotopic (exact) mass is 405 g/mol. The van der Waals surface area contributed by atoms with E-state index in [1.165, 1.54) is 0 Å². The summed E-state index contributed by atoms with van der Waals surface area (Å²) in [6.45, 7) is 2.69. The lowest BCUT2D eigenvalue weighted by Crippen LogP contribution is -2.16. The lowest BCUT2D eigenvalue weighted by atomic mass is 10.1. The second-order valence-electron chi connectivity index (χ2n) is 7.64. The number of para-hydroxylation sites is 2. The van der Waals surface area contributed by atoms with Crippen molar-refractivity contribution in [2.24, 2.45) is 0 Å². The molecule has 0 saturated carbocycles. The van der Waals surface area contributed by atoms with Crippen molar-refractivity contribution in [3.05, 3.63) is 103 Å². The summed E-state index contributed by atoms with van der Waals surface area (Å²) in [7, 11) is 2.08. The molecule has 0 spiro atoms. The molecule has 0 atom stereocenters. The third-order valence-corrected chi connectivity index (χ3v) is 5.37. The van der Waals surface area contributed by atoms with E-state index in [0.717, 1.165) is 45.1 Å². The van der Waals surface area contributed by atoms with E-state index < -0.39 is 0 Å². The van der Waals surface area contributed by atoms with Crippen LogP contribution in [0.4, 0.5) is 5.69 Å². The van der Waals surface area contributed by atoms with Crippen LogP contribution in [0.25, 0.3) is 28.0 Å². The smallest absolute Gasteiger partial charge is 0.154 e. The average molecular weight is 406 g/mol. The molecule has 2 aromatic carbocycles. The normalized spacial score (nSPS) is 11.0. The standard InChI is InChI=1S/C26H23N5/c1-19-9-8-14-26(28-19)31-25(23-15-16-27-24-13-7-6-12-22(23)24)17-20(29-31)18-30(2)21-10-4-3-5-11-21/h3-17H,18H2,1-2H3. The van der Waals surface area contributed by atoms with Crippen molar-refractivity contribution in [3.63, 3.8) is 0 Å².